The van der Waals surface area contributed by atoms with Crippen molar-refractivity contribution in [2.24, 2.45) is 0 Å². The van der Waals surface area contributed by atoms with Crippen molar-refractivity contribution < 1.29 is 41.0 Å². The minimum atomic E-state index is -5.13. The van der Waals surface area contributed by atoms with E-state index in [2.05, 4.69) is 30.2 Å². The maximum Gasteiger partial charge on any atom is 0.573 e. The van der Waals surface area contributed by atoms with E-state index in [0.717, 1.165) is 18.3 Å². The summed E-state index contributed by atoms with van der Waals surface area (Å²) in [5.74, 6) is -3.44. The summed E-state index contributed by atoms with van der Waals surface area (Å²) in [6.07, 6.45) is -12.0. The molecular weight excluding hydrogens is 626 g/mol. The highest BCUT2D eigenvalue weighted by molar-refractivity contribution is 6.30. The van der Waals surface area contributed by atoms with E-state index in [0.29, 0.717) is 13.9 Å². The van der Waals surface area contributed by atoms with Crippen LogP contribution in [0.15, 0.2) is 47.4 Å². The summed E-state index contributed by atoms with van der Waals surface area (Å²) in [5.41, 5.74) is -1.77. The third kappa shape index (κ3) is 7.73. The number of rotatable bonds is 8. The maximum atomic E-state index is 13.3. The second-order valence-electron chi connectivity index (χ2n) is 10.3. The van der Waals surface area contributed by atoms with Crippen LogP contribution in [-0.2, 0) is 13.1 Å². The van der Waals surface area contributed by atoms with Crippen LogP contribution >= 0.6 is 11.6 Å². The average Bonchev–Trinajstić information content (AvgIpc) is 3.44. The summed E-state index contributed by atoms with van der Waals surface area (Å²) < 4.78 is 84.8. The number of carbonyl (C=O) groups is 1. The predicted molar refractivity (Wildman–Crippen MR) is 141 cm³/mol. The first-order valence-corrected chi connectivity index (χ1v) is 12.9. The van der Waals surface area contributed by atoms with Gasteiger partial charge in [0.1, 0.15) is 6.54 Å². The Bertz CT molecular complexity index is 1710. The average molecular weight is 649 g/mol. The summed E-state index contributed by atoms with van der Waals surface area (Å²) in [6.45, 7) is 3.02. The number of ether oxygens (including phenoxy) is 1. The molecule has 44 heavy (non-hydrogen) atoms. The van der Waals surface area contributed by atoms with Crippen LogP contribution in [0.25, 0.3) is 17.2 Å². The van der Waals surface area contributed by atoms with Crippen LogP contribution in [0.4, 0.5) is 26.3 Å². The van der Waals surface area contributed by atoms with E-state index >= 15 is 0 Å². The van der Waals surface area contributed by atoms with Gasteiger partial charge >= 0.3 is 18.2 Å². The molecule has 236 valence electrons. The molecule has 2 N–H and O–H groups in total. The Morgan fingerprint density at radius 2 is 1.73 bits per heavy atom. The van der Waals surface area contributed by atoms with Gasteiger partial charge in [0.25, 0.3) is 5.91 Å². The smallest absolute Gasteiger partial charge is 0.402 e. The van der Waals surface area contributed by atoms with Crippen LogP contribution in [0.3, 0.4) is 0 Å². The lowest BCUT2D eigenvalue weighted by molar-refractivity contribution is -0.274. The Morgan fingerprint density at radius 1 is 1.07 bits per heavy atom. The Balaban J connectivity index is 1.83. The normalized spacial score (nSPS) is 13.2. The molecule has 0 saturated carbocycles. The number of hydrogen-bond acceptors (Lipinski definition) is 8. The van der Waals surface area contributed by atoms with Crippen molar-refractivity contribution in [1.82, 2.24) is 39.4 Å². The molecule has 0 aliphatic heterocycles. The fourth-order valence-electron chi connectivity index (χ4n) is 3.79. The van der Waals surface area contributed by atoms with Gasteiger partial charge < -0.3 is 15.2 Å². The SMILES string of the molecule is CC(C)(C)NC(=O)c1nc(Cn2nc(-c3ccc(Cl)cc3)n(CC(O)C(F)(F)F)c2=O)nn1-c1ncccc1OC(F)(F)F. The summed E-state index contributed by atoms with van der Waals surface area (Å²) >= 11 is 5.90. The van der Waals surface area contributed by atoms with E-state index in [9.17, 15) is 41.0 Å². The van der Waals surface area contributed by atoms with Gasteiger partial charge in [0.05, 0.1) is 6.54 Å². The van der Waals surface area contributed by atoms with Crippen LogP contribution in [0.2, 0.25) is 5.02 Å². The number of halogens is 7. The molecule has 0 fully saturated rings. The highest BCUT2D eigenvalue weighted by Crippen LogP contribution is 2.28. The predicted octanol–water partition coefficient (Wildman–Crippen LogP) is 3.74. The standard InChI is InChI=1S/C25H23ClF6N8O4/c1-23(2,3)35-21(42)20-34-17(36-40(20)19-15(5-4-10-33-19)44-25(30,31)32)12-39-22(43)38(11-16(41)24(27,28)29)18(37-39)13-6-8-14(26)9-7-13/h4-10,16,41H,11-12H2,1-3H3,(H,35,42). The molecule has 0 radical (unpaired) electrons. The maximum absolute atomic E-state index is 13.3. The van der Waals surface area contributed by atoms with Gasteiger partial charge in [0.2, 0.25) is 5.82 Å². The van der Waals surface area contributed by atoms with Gasteiger partial charge in [0.15, 0.2) is 29.3 Å². The molecular formula is C25H23ClF6N8O4. The quantitative estimate of drug-likeness (QED) is 0.275. The largest absolute Gasteiger partial charge is 0.573 e. The van der Waals surface area contributed by atoms with Crippen molar-refractivity contribution in [2.45, 2.75) is 58.0 Å². The Hall–Kier alpha value is -4.45. The second kappa shape index (κ2) is 11.9. The number of nitrogens with one attached hydrogen (secondary N) is 1. The molecule has 0 aliphatic carbocycles. The van der Waals surface area contributed by atoms with Crippen molar-refractivity contribution in [3.05, 3.63) is 69.8 Å². The molecule has 3 aromatic heterocycles. The number of aliphatic hydroxyl groups is 1. The lowest BCUT2D eigenvalue weighted by atomic mass is 10.1. The molecule has 1 amide bonds. The Labute approximate surface area is 248 Å². The van der Waals surface area contributed by atoms with Gasteiger partial charge in [-0.1, -0.05) is 11.6 Å². The lowest BCUT2D eigenvalue weighted by Crippen LogP contribution is -2.41. The van der Waals surface area contributed by atoms with Gasteiger partial charge in [-0.05, 0) is 57.2 Å². The van der Waals surface area contributed by atoms with E-state index in [1.54, 1.807) is 20.8 Å². The van der Waals surface area contributed by atoms with Crippen molar-refractivity contribution in [3.8, 4) is 23.0 Å². The number of pyridine rings is 1. The van der Waals surface area contributed by atoms with E-state index in [1.807, 2.05) is 0 Å². The second-order valence-corrected chi connectivity index (χ2v) is 10.7. The zero-order chi connectivity index (χ0) is 32.6. The van der Waals surface area contributed by atoms with Gasteiger partial charge in [-0.15, -0.1) is 23.4 Å². The highest BCUT2D eigenvalue weighted by atomic mass is 35.5. The summed E-state index contributed by atoms with van der Waals surface area (Å²) in [6, 6.07) is 7.66. The van der Waals surface area contributed by atoms with Gasteiger partial charge in [-0.25, -0.2) is 19.4 Å². The van der Waals surface area contributed by atoms with Crippen molar-refractivity contribution in [3.63, 3.8) is 0 Å². The fourth-order valence-corrected chi connectivity index (χ4v) is 3.92. The number of aliphatic hydroxyl groups excluding tert-OH is 1. The third-order valence-electron chi connectivity index (χ3n) is 5.57. The molecule has 0 saturated heterocycles. The lowest BCUT2D eigenvalue weighted by Gasteiger charge is -2.20. The number of nitrogens with zero attached hydrogens (tertiary/aromatic N) is 7. The molecule has 0 spiro atoms. The van der Waals surface area contributed by atoms with Gasteiger partial charge in [-0.2, -0.15) is 17.9 Å². The molecule has 12 nitrogen and oxygen atoms in total. The highest BCUT2D eigenvalue weighted by Gasteiger charge is 2.39. The van der Waals surface area contributed by atoms with E-state index in [-0.39, 0.29) is 22.2 Å². The van der Waals surface area contributed by atoms with E-state index < -0.39 is 66.3 Å². The fraction of sp³-hybridized carbons (Fsp3) is 0.360. The molecule has 0 aliphatic rings. The molecule has 4 aromatic rings. The number of amides is 1. The number of carbonyl (C=O) groups excluding carboxylic acids is 1. The van der Waals surface area contributed by atoms with E-state index in [4.69, 9.17) is 11.6 Å². The summed E-state index contributed by atoms with van der Waals surface area (Å²) in [7, 11) is 0. The van der Waals surface area contributed by atoms with Gasteiger partial charge in [0, 0.05) is 22.3 Å². The number of alkyl halides is 6. The number of hydrogen-bond donors (Lipinski definition) is 2. The zero-order valence-electron chi connectivity index (χ0n) is 23.0. The van der Waals surface area contributed by atoms with Crippen LogP contribution in [0.1, 0.15) is 37.2 Å². The Kier molecular flexibility index (Phi) is 8.79. The summed E-state index contributed by atoms with van der Waals surface area (Å²) in [5, 5.41) is 20.7. The minimum absolute atomic E-state index is 0.172. The molecule has 1 aromatic carbocycles. The van der Waals surface area contributed by atoms with E-state index in [1.165, 1.54) is 24.3 Å². The topological polar surface area (TPSA) is 142 Å². The number of benzene rings is 1. The van der Waals surface area contributed by atoms with Crippen molar-refractivity contribution >= 4 is 17.5 Å². The number of aromatic nitrogens is 7. The van der Waals surface area contributed by atoms with Gasteiger partial charge in [-0.3, -0.25) is 9.36 Å². The van der Waals surface area contributed by atoms with Crippen LogP contribution in [-0.4, -0.2) is 69.3 Å². The molecule has 0 bridgehead atoms. The van der Waals surface area contributed by atoms with Crippen LogP contribution in [0, 0.1) is 0 Å². The first-order chi connectivity index (χ1) is 20.3. The monoisotopic (exact) mass is 648 g/mol. The molecule has 1 unspecified atom stereocenters. The third-order valence-corrected chi connectivity index (χ3v) is 5.82. The van der Waals surface area contributed by atoms with Crippen LogP contribution in [0.5, 0.6) is 5.75 Å². The molecule has 3 heterocycles. The Morgan fingerprint density at radius 3 is 2.32 bits per heavy atom. The first kappa shape index (κ1) is 32.5. The molecule has 1 atom stereocenters. The first-order valence-electron chi connectivity index (χ1n) is 12.5. The minimum Gasteiger partial charge on any atom is -0.402 e. The molecule has 19 heteroatoms. The summed E-state index contributed by atoms with van der Waals surface area (Å²) in [4.78, 5) is 34.3. The van der Waals surface area contributed by atoms with Crippen molar-refractivity contribution in [1.29, 1.82) is 0 Å². The zero-order valence-corrected chi connectivity index (χ0v) is 23.7. The van der Waals surface area contributed by atoms with Crippen molar-refractivity contribution in [2.75, 3.05) is 0 Å². The molecule has 4 rings (SSSR count). The van der Waals surface area contributed by atoms with Crippen LogP contribution < -0.4 is 15.7 Å².